The van der Waals surface area contributed by atoms with Crippen molar-refractivity contribution in [2.45, 2.75) is 19.8 Å². The minimum atomic E-state index is -0.367. The highest BCUT2D eigenvalue weighted by Gasteiger charge is 2.47. The van der Waals surface area contributed by atoms with Crippen LogP contribution in [0.25, 0.3) is 10.2 Å². The van der Waals surface area contributed by atoms with E-state index in [1.165, 1.54) is 0 Å². The van der Waals surface area contributed by atoms with E-state index >= 15 is 0 Å². The Morgan fingerprint density at radius 1 is 1.24 bits per heavy atom. The Labute approximate surface area is 148 Å². The summed E-state index contributed by atoms with van der Waals surface area (Å²) in [6, 6.07) is 5.48. The van der Waals surface area contributed by atoms with Gasteiger partial charge in [-0.15, -0.1) is 11.3 Å². The summed E-state index contributed by atoms with van der Waals surface area (Å²) < 4.78 is 0.987. The van der Waals surface area contributed by atoms with Crippen LogP contribution < -0.4 is 5.32 Å². The number of hydrogen-bond donors (Lipinski definition) is 1. The molecular formula is C18H17N3O3S. The molecule has 2 atom stereocenters. The molecule has 1 aliphatic carbocycles. The Balaban J connectivity index is 1.46. The molecule has 1 aromatic heterocycles. The number of amides is 3. The van der Waals surface area contributed by atoms with Crippen LogP contribution in [0.2, 0.25) is 0 Å². The quantitative estimate of drug-likeness (QED) is 0.678. The van der Waals surface area contributed by atoms with Crippen LogP contribution in [0.15, 0.2) is 30.4 Å². The van der Waals surface area contributed by atoms with Crippen LogP contribution in [-0.4, -0.2) is 34.2 Å². The van der Waals surface area contributed by atoms with E-state index in [9.17, 15) is 14.4 Å². The molecule has 2 heterocycles. The fourth-order valence-corrected chi connectivity index (χ4v) is 4.35. The molecule has 0 bridgehead atoms. The van der Waals surface area contributed by atoms with E-state index < -0.39 is 0 Å². The normalized spacial score (nSPS) is 22.5. The van der Waals surface area contributed by atoms with Gasteiger partial charge in [-0.25, -0.2) is 4.98 Å². The molecule has 1 aliphatic heterocycles. The lowest BCUT2D eigenvalue weighted by Crippen LogP contribution is -2.38. The van der Waals surface area contributed by atoms with Gasteiger partial charge in [-0.2, -0.15) is 0 Å². The first-order chi connectivity index (χ1) is 12.0. The van der Waals surface area contributed by atoms with Gasteiger partial charge in [0.15, 0.2) is 0 Å². The Morgan fingerprint density at radius 3 is 2.60 bits per heavy atom. The molecule has 1 saturated heterocycles. The predicted octanol–water partition coefficient (Wildman–Crippen LogP) is 2.49. The third-order valence-corrected chi connectivity index (χ3v) is 5.61. The number of carbonyl (C=O) groups excluding carboxylic acids is 3. The number of benzene rings is 1. The minimum absolute atomic E-state index is 0.232. The fraction of sp³-hybridized carbons (Fsp3) is 0.333. The molecule has 1 aromatic carbocycles. The first-order valence-electron chi connectivity index (χ1n) is 8.20. The number of aryl methyl sites for hydroxylation is 1. The maximum absolute atomic E-state index is 12.4. The number of carbonyl (C=O) groups is 3. The molecule has 1 N–H and O–H groups in total. The van der Waals surface area contributed by atoms with Crippen LogP contribution in [0, 0.1) is 18.8 Å². The van der Waals surface area contributed by atoms with E-state index in [1.54, 1.807) is 17.4 Å². The Morgan fingerprint density at radius 2 is 1.92 bits per heavy atom. The number of hydrogen-bond acceptors (Lipinski definition) is 5. The Bertz CT molecular complexity index is 891. The number of nitrogens with one attached hydrogen (secondary N) is 1. The fourth-order valence-electron chi connectivity index (χ4n) is 3.49. The Hall–Kier alpha value is -2.54. The molecule has 7 heteroatoms. The number of fused-ring (bicyclic) bond motifs is 2. The first kappa shape index (κ1) is 16.0. The summed E-state index contributed by atoms with van der Waals surface area (Å²) in [7, 11) is 0. The number of anilines is 1. The van der Waals surface area contributed by atoms with Crippen LogP contribution in [-0.2, 0) is 14.4 Å². The van der Waals surface area contributed by atoms with Crippen molar-refractivity contribution in [3.8, 4) is 0 Å². The number of allylic oxidation sites excluding steroid dienone is 2. The summed E-state index contributed by atoms with van der Waals surface area (Å²) in [5.74, 6) is -1.44. The molecule has 3 amide bonds. The molecule has 2 aliphatic rings. The molecule has 0 saturated carbocycles. The second-order valence-electron chi connectivity index (χ2n) is 6.38. The highest BCUT2D eigenvalue weighted by atomic mass is 32.1. The van der Waals surface area contributed by atoms with Crippen molar-refractivity contribution in [3.05, 3.63) is 35.4 Å². The van der Waals surface area contributed by atoms with Gasteiger partial charge in [0.05, 0.1) is 27.1 Å². The third-order valence-electron chi connectivity index (χ3n) is 4.68. The number of aromatic nitrogens is 1. The third kappa shape index (κ3) is 2.84. The van der Waals surface area contributed by atoms with E-state index in [4.69, 9.17) is 0 Å². The van der Waals surface area contributed by atoms with Crippen LogP contribution in [0.1, 0.15) is 17.8 Å². The molecular weight excluding hydrogens is 338 g/mol. The van der Waals surface area contributed by atoms with Crippen molar-refractivity contribution < 1.29 is 14.4 Å². The van der Waals surface area contributed by atoms with Gasteiger partial charge < -0.3 is 5.32 Å². The molecule has 0 unspecified atom stereocenters. The standard InChI is InChI=1S/C18H17N3O3S/c1-10-19-14-7-6-11(8-15(14)25-10)20-16(22)9-21-17(23)12-4-2-3-5-13(12)18(21)24/h2-3,6-8,12-13H,4-5,9H2,1H3,(H,20,22)/t12-,13+. The second kappa shape index (κ2) is 6.07. The number of nitrogens with zero attached hydrogens (tertiary/aromatic N) is 2. The lowest BCUT2D eigenvalue weighted by atomic mass is 9.85. The van der Waals surface area contributed by atoms with Crippen LogP contribution in [0.3, 0.4) is 0 Å². The van der Waals surface area contributed by atoms with E-state index in [0.717, 1.165) is 20.1 Å². The zero-order valence-electron chi connectivity index (χ0n) is 13.7. The number of imide groups is 1. The number of rotatable bonds is 3. The lowest BCUT2D eigenvalue weighted by molar-refractivity contribution is -0.142. The zero-order chi connectivity index (χ0) is 17.6. The van der Waals surface area contributed by atoms with E-state index in [1.807, 2.05) is 31.2 Å². The lowest BCUT2D eigenvalue weighted by Gasteiger charge is -2.14. The minimum Gasteiger partial charge on any atom is -0.324 e. The van der Waals surface area contributed by atoms with Gasteiger partial charge in [0.1, 0.15) is 6.54 Å². The van der Waals surface area contributed by atoms with Gasteiger partial charge in [-0.1, -0.05) is 12.2 Å². The van der Waals surface area contributed by atoms with Crippen molar-refractivity contribution in [1.82, 2.24) is 9.88 Å². The van der Waals surface area contributed by atoms with Crippen molar-refractivity contribution >= 4 is 45.0 Å². The van der Waals surface area contributed by atoms with Crippen LogP contribution in [0.5, 0.6) is 0 Å². The van der Waals surface area contributed by atoms with Gasteiger partial charge in [0.2, 0.25) is 17.7 Å². The molecule has 0 radical (unpaired) electrons. The molecule has 6 nitrogen and oxygen atoms in total. The van der Waals surface area contributed by atoms with Gasteiger partial charge in [0, 0.05) is 5.69 Å². The van der Waals surface area contributed by atoms with Gasteiger partial charge in [0.25, 0.3) is 0 Å². The molecule has 1 fully saturated rings. The van der Waals surface area contributed by atoms with E-state index in [-0.39, 0.29) is 36.1 Å². The second-order valence-corrected chi connectivity index (χ2v) is 7.62. The monoisotopic (exact) mass is 355 g/mol. The van der Waals surface area contributed by atoms with Crippen molar-refractivity contribution in [2.24, 2.45) is 11.8 Å². The van der Waals surface area contributed by atoms with E-state index in [0.29, 0.717) is 18.5 Å². The maximum Gasteiger partial charge on any atom is 0.244 e. The smallest absolute Gasteiger partial charge is 0.244 e. The Kier molecular flexibility index (Phi) is 3.88. The topological polar surface area (TPSA) is 79.4 Å². The van der Waals surface area contributed by atoms with Crippen molar-refractivity contribution in [1.29, 1.82) is 0 Å². The van der Waals surface area contributed by atoms with Gasteiger partial charge >= 0.3 is 0 Å². The molecule has 4 rings (SSSR count). The summed E-state index contributed by atoms with van der Waals surface area (Å²) in [6.45, 7) is 1.70. The number of thiazole rings is 1. The highest BCUT2D eigenvalue weighted by molar-refractivity contribution is 7.18. The zero-order valence-corrected chi connectivity index (χ0v) is 14.5. The van der Waals surface area contributed by atoms with Crippen LogP contribution in [0.4, 0.5) is 5.69 Å². The van der Waals surface area contributed by atoms with Gasteiger partial charge in [-0.3, -0.25) is 19.3 Å². The predicted molar refractivity (Wildman–Crippen MR) is 95.1 cm³/mol. The summed E-state index contributed by atoms with van der Waals surface area (Å²) in [5, 5.41) is 3.73. The molecule has 128 valence electrons. The maximum atomic E-state index is 12.4. The SMILES string of the molecule is Cc1nc2ccc(NC(=O)CN3C(=O)[C@H]4CC=CC[C@H]4C3=O)cc2s1. The largest absolute Gasteiger partial charge is 0.324 e. The van der Waals surface area contributed by atoms with Gasteiger partial charge in [-0.05, 0) is 38.0 Å². The summed E-state index contributed by atoms with van der Waals surface area (Å²) in [6.07, 6.45) is 5.02. The van der Waals surface area contributed by atoms with Crippen molar-refractivity contribution in [2.75, 3.05) is 11.9 Å². The number of likely N-dealkylation sites (tertiary alicyclic amines) is 1. The van der Waals surface area contributed by atoms with Crippen molar-refractivity contribution in [3.63, 3.8) is 0 Å². The molecule has 2 aromatic rings. The van der Waals surface area contributed by atoms with E-state index in [2.05, 4.69) is 10.3 Å². The summed E-state index contributed by atoms with van der Waals surface area (Å²) in [5.41, 5.74) is 1.53. The summed E-state index contributed by atoms with van der Waals surface area (Å²) in [4.78, 5) is 42.6. The molecule has 0 spiro atoms. The van der Waals surface area contributed by atoms with Crippen LogP contribution >= 0.6 is 11.3 Å². The molecule has 25 heavy (non-hydrogen) atoms. The highest BCUT2D eigenvalue weighted by Crippen LogP contribution is 2.35. The average molecular weight is 355 g/mol. The summed E-state index contributed by atoms with van der Waals surface area (Å²) >= 11 is 1.55. The first-order valence-corrected chi connectivity index (χ1v) is 9.02. The average Bonchev–Trinajstić information content (AvgIpc) is 3.07.